The summed E-state index contributed by atoms with van der Waals surface area (Å²) in [7, 11) is 0. The third kappa shape index (κ3) is 1.72. The first-order valence-electron chi connectivity index (χ1n) is 4.76. The van der Waals surface area contributed by atoms with Gasteiger partial charge in [-0.3, -0.25) is 0 Å². The highest BCUT2D eigenvalue weighted by atomic mass is 14.3. The smallest absolute Gasteiger partial charge is 0.0997 e. The molecule has 0 heterocycles. The van der Waals surface area contributed by atoms with Crippen LogP contribution in [0.3, 0.4) is 0 Å². The molecule has 0 unspecified atom stereocenters. The van der Waals surface area contributed by atoms with Crippen molar-refractivity contribution in [1.29, 1.82) is 5.26 Å². The molecule has 0 saturated carbocycles. The first-order chi connectivity index (χ1) is 6.24. The van der Waals surface area contributed by atoms with Gasteiger partial charge in [-0.2, -0.15) is 5.26 Å². The molecule has 0 bridgehead atoms. The van der Waals surface area contributed by atoms with E-state index in [1.54, 1.807) is 0 Å². The Morgan fingerprint density at radius 3 is 2.38 bits per heavy atom. The molecule has 0 N–H and O–H groups in total. The van der Waals surface area contributed by atoms with E-state index >= 15 is 0 Å². The maximum Gasteiger partial charge on any atom is 0.0997 e. The van der Waals surface area contributed by atoms with Crippen LogP contribution in [0.1, 0.15) is 36.1 Å². The lowest BCUT2D eigenvalue weighted by Crippen LogP contribution is -1.97. The van der Waals surface area contributed by atoms with Crippen molar-refractivity contribution in [1.82, 2.24) is 0 Å². The van der Waals surface area contributed by atoms with Gasteiger partial charge in [-0.25, -0.2) is 0 Å². The Morgan fingerprint density at radius 2 is 1.92 bits per heavy atom. The fourth-order valence-corrected chi connectivity index (χ4v) is 1.70. The molecule has 13 heavy (non-hydrogen) atoms. The molecular weight excluding hydrogens is 158 g/mol. The second-order valence-electron chi connectivity index (χ2n) is 3.21. The number of rotatable bonds is 2. The van der Waals surface area contributed by atoms with Crippen LogP contribution in [0, 0.1) is 18.3 Å². The normalized spacial score (nSPS) is 9.69. The molecule has 1 nitrogen and oxygen atoms in total. The third-order valence-electron chi connectivity index (χ3n) is 2.46. The van der Waals surface area contributed by atoms with Crippen molar-refractivity contribution in [3.05, 3.63) is 34.4 Å². The van der Waals surface area contributed by atoms with Gasteiger partial charge in [-0.05, 0) is 36.5 Å². The fraction of sp³-hybridized carbons (Fsp3) is 0.417. The second-order valence-corrected chi connectivity index (χ2v) is 3.21. The SMILES string of the molecule is CCc1ccc(C)c(C#N)c1CC. The first-order valence-corrected chi connectivity index (χ1v) is 4.76. The molecular formula is C12H15N. The molecule has 0 aliphatic carbocycles. The van der Waals surface area contributed by atoms with Crippen molar-refractivity contribution in [3.63, 3.8) is 0 Å². The minimum absolute atomic E-state index is 0.877. The number of hydrogen-bond acceptors (Lipinski definition) is 1. The summed E-state index contributed by atoms with van der Waals surface area (Å²) in [5.74, 6) is 0. The number of benzene rings is 1. The molecule has 1 aromatic carbocycles. The van der Waals surface area contributed by atoms with Gasteiger partial charge in [0, 0.05) is 0 Å². The largest absolute Gasteiger partial charge is 0.192 e. The van der Waals surface area contributed by atoms with E-state index in [-0.39, 0.29) is 0 Å². The molecule has 1 heteroatoms. The number of nitriles is 1. The summed E-state index contributed by atoms with van der Waals surface area (Å²) in [6, 6.07) is 6.46. The van der Waals surface area contributed by atoms with Crippen LogP contribution in [0.15, 0.2) is 12.1 Å². The highest BCUT2D eigenvalue weighted by molar-refractivity contribution is 5.48. The lowest BCUT2D eigenvalue weighted by Gasteiger charge is -2.09. The summed E-state index contributed by atoms with van der Waals surface area (Å²) >= 11 is 0. The lowest BCUT2D eigenvalue weighted by atomic mass is 9.94. The molecule has 0 fully saturated rings. The highest BCUT2D eigenvalue weighted by Gasteiger charge is 2.07. The van der Waals surface area contributed by atoms with Gasteiger partial charge in [0.1, 0.15) is 0 Å². The van der Waals surface area contributed by atoms with Crippen LogP contribution in [-0.2, 0) is 12.8 Å². The van der Waals surface area contributed by atoms with Gasteiger partial charge >= 0.3 is 0 Å². The van der Waals surface area contributed by atoms with E-state index in [0.29, 0.717) is 0 Å². The van der Waals surface area contributed by atoms with Gasteiger partial charge in [0.05, 0.1) is 11.6 Å². The number of hydrogen-bond donors (Lipinski definition) is 0. The standard InChI is InChI=1S/C12H15N/c1-4-10-7-6-9(3)12(8-13)11(10)5-2/h6-7H,4-5H2,1-3H3. The zero-order chi connectivity index (χ0) is 9.84. The average Bonchev–Trinajstić information content (AvgIpc) is 2.17. The van der Waals surface area contributed by atoms with Gasteiger partial charge in [0.2, 0.25) is 0 Å². The zero-order valence-electron chi connectivity index (χ0n) is 8.52. The van der Waals surface area contributed by atoms with Gasteiger partial charge in [0.25, 0.3) is 0 Å². The zero-order valence-corrected chi connectivity index (χ0v) is 8.52. The maximum absolute atomic E-state index is 9.00. The fourth-order valence-electron chi connectivity index (χ4n) is 1.70. The van der Waals surface area contributed by atoms with E-state index in [1.807, 2.05) is 13.0 Å². The summed E-state index contributed by atoms with van der Waals surface area (Å²) in [4.78, 5) is 0. The Kier molecular flexibility index (Phi) is 3.08. The molecule has 0 saturated heterocycles. The van der Waals surface area contributed by atoms with Crippen molar-refractivity contribution >= 4 is 0 Å². The lowest BCUT2D eigenvalue weighted by molar-refractivity contribution is 1.02. The van der Waals surface area contributed by atoms with Crippen LogP contribution >= 0.6 is 0 Å². The van der Waals surface area contributed by atoms with Crippen LogP contribution in [0.4, 0.5) is 0 Å². The summed E-state index contributed by atoms with van der Waals surface area (Å²) < 4.78 is 0. The summed E-state index contributed by atoms with van der Waals surface area (Å²) in [6.45, 7) is 6.23. The Labute approximate surface area is 80.0 Å². The van der Waals surface area contributed by atoms with Crippen LogP contribution < -0.4 is 0 Å². The van der Waals surface area contributed by atoms with Crippen molar-refractivity contribution in [2.45, 2.75) is 33.6 Å². The van der Waals surface area contributed by atoms with Crippen LogP contribution in [0.5, 0.6) is 0 Å². The van der Waals surface area contributed by atoms with Gasteiger partial charge < -0.3 is 0 Å². The quantitative estimate of drug-likeness (QED) is 0.674. The highest BCUT2D eigenvalue weighted by Crippen LogP contribution is 2.19. The monoisotopic (exact) mass is 173 g/mol. The van der Waals surface area contributed by atoms with Crippen LogP contribution in [0.25, 0.3) is 0 Å². The van der Waals surface area contributed by atoms with Crippen molar-refractivity contribution in [2.75, 3.05) is 0 Å². The van der Waals surface area contributed by atoms with E-state index in [4.69, 9.17) is 5.26 Å². The molecule has 1 aromatic rings. The van der Waals surface area contributed by atoms with Crippen molar-refractivity contribution in [3.8, 4) is 6.07 Å². The van der Waals surface area contributed by atoms with Crippen LogP contribution in [0.2, 0.25) is 0 Å². The maximum atomic E-state index is 9.00. The van der Waals surface area contributed by atoms with Gasteiger partial charge in [0.15, 0.2) is 0 Å². The predicted molar refractivity (Wildman–Crippen MR) is 54.7 cm³/mol. The molecule has 1 rings (SSSR count). The molecule has 0 atom stereocenters. The average molecular weight is 173 g/mol. The molecule has 0 aromatic heterocycles. The Bertz CT molecular complexity index is 345. The topological polar surface area (TPSA) is 23.8 Å². The minimum Gasteiger partial charge on any atom is -0.192 e. The summed E-state index contributed by atoms with van der Waals surface area (Å²) in [5.41, 5.74) is 4.51. The van der Waals surface area contributed by atoms with E-state index in [2.05, 4.69) is 26.0 Å². The van der Waals surface area contributed by atoms with Gasteiger partial charge in [-0.15, -0.1) is 0 Å². The predicted octanol–water partition coefficient (Wildman–Crippen LogP) is 2.99. The molecule has 68 valence electrons. The van der Waals surface area contributed by atoms with Crippen LogP contribution in [-0.4, -0.2) is 0 Å². The molecule has 0 radical (unpaired) electrons. The minimum atomic E-state index is 0.877. The molecule has 0 aliphatic rings. The Balaban J connectivity index is 3.38. The van der Waals surface area contributed by atoms with Gasteiger partial charge in [-0.1, -0.05) is 26.0 Å². The third-order valence-corrected chi connectivity index (χ3v) is 2.46. The van der Waals surface area contributed by atoms with E-state index in [9.17, 15) is 0 Å². The van der Waals surface area contributed by atoms with E-state index < -0.39 is 0 Å². The Hall–Kier alpha value is -1.29. The van der Waals surface area contributed by atoms with Crippen molar-refractivity contribution < 1.29 is 0 Å². The molecule has 0 aliphatic heterocycles. The van der Waals surface area contributed by atoms with Crippen molar-refractivity contribution in [2.24, 2.45) is 0 Å². The second kappa shape index (κ2) is 4.09. The van der Waals surface area contributed by atoms with E-state index in [1.165, 1.54) is 11.1 Å². The van der Waals surface area contributed by atoms with E-state index in [0.717, 1.165) is 24.0 Å². The summed E-state index contributed by atoms with van der Waals surface area (Å²) in [5, 5.41) is 9.00. The summed E-state index contributed by atoms with van der Waals surface area (Å²) in [6.07, 6.45) is 1.96. The molecule has 0 amide bonds. The number of aryl methyl sites for hydroxylation is 2. The number of nitrogens with zero attached hydrogens (tertiary/aromatic N) is 1. The Morgan fingerprint density at radius 1 is 1.23 bits per heavy atom. The molecule has 0 spiro atoms. The first kappa shape index (κ1) is 9.80.